The van der Waals surface area contributed by atoms with Crippen molar-refractivity contribution in [3.63, 3.8) is 0 Å². The number of halogens is 3. The normalized spacial score (nSPS) is 19.5. The van der Waals surface area contributed by atoms with Gasteiger partial charge >= 0.3 is 0 Å². The molecule has 1 aromatic rings. The molecule has 6 heteroatoms. The van der Waals surface area contributed by atoms with Crippen molar-refractivity contribution in [3.8, 4) is 0 Å². The fourth-order valence-electron chi connectivity index (χ4n) is 2.07. The molecule has 0 spiro atoms. The SMILES string of the molecule is Fc1ncccc1[C@@H](C(F)F)N1CCNCC1. The van der Waals surface area contributed by atoms with Crippen molar-refractivity contribution in [3.05, 3.63) is 29.8 Å². The molecule has 0 aliphatic carbocycles. The lowest BCUT2D eigenvalue weighted by Gasteiger charge is -2.34. The smallest absolute Gasteiger partial charge is 0.258 e. The van der Waals surface area contributed by atoms with Crippen LogP contribution in [0.1, 0.15) is 11.6 Å². The minimum absolute atomic E-state index is 0.0237. The summed E-state index contributed by atoms with van der Waals surface area (Å²) < 4.78 is 39.7. The first-order valence-electron chi connectivity index (χ1n) is 5.53. The van der Waals surface area contributed by atoms with Gasteiger partial charge < -0.3 is 5.32 Å². The zero-order chi connectivity index (χ0) is 12.3. The van der Waals surface area contributed by atoms with E-state index in [4.69, 9.17) is 0 Å². The molecule has 17 heavy (non-hydrogen) atoms. The number of hydrogen-bond acceptors (Lipinski definition) is 3. The molecule has 94 valence electrons. The number of aromatic nitrogens is 1. The fraction of sp³-hybridized carbons (Fsp3) is 0.545. The number of piperazine rings is 1. The highest BCUT2D eigenvalue weighted by molar-refractivity contribution is 5.17. The van der Waals surface area contributed by atoms with E-state index in [-0.39, 0.29) is 5.56 Å². The van der Waals surface area contributed by atoms with Crippen LogP contribution in [0.25, 0.3) is 0 Å². The molecule has 0 unspecified atom stereocenters. The average molecular weight is 245 g/mol. The molecule has 0 amide bonds. The third kappa shape index (κ3) is 2.76. The lowest BCUT2D eigenvalue weighted by atomic mass is 10.1. The maximum atomic E-state index is 13.5. The van der Waals surface area contributed by atoms with Crippen LogP contribution >= 0.6 is 0 Å². The second-order valence-corrected chi connectivity index (χ2v) is 3.95. The summed E-state index contributed by atoms with van der Waals surface area (Å²) in [6, 6.07) is 1.66. The summed E-state index contributed by atoms with van der Waals surface area (Å²) in [5.41, 5.74) is -0.0237. The zero-order valence-electron chi connectivity index (χ0n) is 9.24. The van der Waals surface area contributed by atoms with Crippen molar-refractivity contribution >= 4 is 0 Å². The second kappa shape index (κ2) is 5.46. The number of nitrogens with zero attached hydrogens (tertiary/aromatic N) is 2. The molecule has 1 aliphatic heterocycles. The van der Waals surface area contributed by atoms with E-state index in [9.17, 15) is 13.2 Å². The Hall–Kier alpha value is -1.14. The van der Waals surface area contributed by atoms with Gasteiger partial charge in [0.05, 0.1) is 0 Å². The van der Waals surface area contributed by atoms with E-state index in [1.165, 1.54) is 18.3 Å². The maximum Gasteiger partial charge on any atom is 0.258 e. The Labute approximate surface area is 97.6 Å². The van der Waals surface area contributed by atoms with Gasteiger partial charge in [0, 0.05) is 37.9 Å². The van der Waals surface area contributed by atoms with Crippen molar-refractivity contribution in [2.45, 2.75) is 12.5 Å². The lowest BCUT2D eigenvalue weighted by molar-refractivity contribution is 0.0160. The molecule has 2 rings (SSSR count). The number of hydrogen-bond donors (Lipinski definition) is 1. The van der Waals surface area contributed by atoms with Crippen LogP contribution < -0.4 is 5.32 Å². The van der Waals surface area contributed by atoms with Crippen LogP contribution in [0.4, 0.5) is 13.2 Å². The van der Waals surface area contributed by atoms with Crippen molar-refractivity contribution < 1.29 is 13.2 Å². The van der Waals surface area contributed by atoms with Gasteiger partial charge in [-0.1, -0.05) is 6.07 Å². The summed E-state index contributed by atoms with van der Waals surface area (Å²) in [7, 11) is 0. The molecular formula is C11H14F3N3. The van der Waals surface area contributed by atoms with Crippen LogP contribution in [0, 0.1) is 5.95 Å². The van der Waals surface area contributed by atoms with Gasteiger partial charge in [-0.2, -0.15) is 4.39 Å². The van der Waals surface area contributed by atoms with Gasteiger partial charge in [0.1, 0.15) is 6.04 Å². The van der Waals surface area contributed by atoms with E-state index in [2.05, 4.69) is 10.3 Å². The first-order chi connectivity index (χ1) is 8.20. The zero-order valence-corrected chi connectivity index (χ0v) is 9.24. The molecular weight excluding hydrogens is 231 g/mol. The van der Waals surface area contributed by atoms with E-state index in [0.29, 0.717) is 26.2 Å². The van der Waals surface area contributed by atoms with Crippen LogP contribution in [0.2, 0.25) is 0 Å². The van der Waals surface area contributed by atoms with Gasteiger partial charge in [0.15, 0.2) is 0 Å². The highest BCUT2D eigenvalue weighted by Gasteiger charge is 2.32. The summed E-state index contributed by atoms with van der Waals surface area (Å²) >= 11 is 0. The predicted octanol–water partition coefficient (Wildman–Crippen LogP) is 1.43. The van der Waals surface area contributed by atoms with Gasteiger partial charge in [-0.15, -0.1) is 0 Å². The average Bonchev–Trinajstić information content (AvgIpc) is 2.33. The number of alkyl halides is 2. The largest absolute Gasteiger partial charge is 0.314 e. The van der Waals surface area contributed by atoms with Crippen LogP contribution in [0.15, 0.2) is 18.3 Å². The first-order valence-corrected chi connectivity index (χ1v) is 5.53. The van der Waals surface area contributed by atoms with E-state index in [1.807, 2.05) is 0 Å². The molecule has 1 saturated heterocycles. The maximum absolute atomic E-state index is 13.5. The molecule has 1 aromatic heterocycles. The monoisotopic (exact) mass is 245 g/mol. The van der Waals surface area contributed by atoms with Gasteiger partial charge in [0.25, 0.3) is 6.43 Å². The minimum atomic E-state index is -2.62. The molecule has 0 bridgehead atoms. The summed E-state index contributed by atoms with van der Waals surface area (Å²) in [4.78, 5) is 5.03. The first kappa shape index (κ1) is 12.3. The number of rotatable bonds is 3. The third-order valence-electron chi connectivity index (χ3n) is 2.89. The Kier molecular flexibility index (Phi) is 3.96. The summed E-state index contributed by atoms with van der Waals surface area (Å²) in [6.45, 7) is 2.27. The van der Waals surface area contributed by atoms with Crippen molar-refractivity contribution in [1.29, 1.82) is 0 Å². The van der Waals surface area contributed by atoms with Crippen LogP contribution in [0.5, 0.6) is 0 Å². The molecule has 1 fully saturated rings. The standard InChI is InChI=1S/C11H14F3N3/c12-10(13)9(17-6-4-15-5-7-17)8-2-1-3-16-11(8)14/h1-3,9-10,15H,4-7H2/t9-/m0/s1. The van der Waals surface area contributed by atoms with E-state index in [0.717, 1.165) is 0 Å². The Morgan fingerprint density at radius 3 is 2.59 bits per heavy atom. The Morgan fingerprint density at radius 2 is 2.00 bits per heavy atom. The Bertz CT molecular complexity index is 367. The summed E-state index contributed by atoms with van der Waals surface area (Å²) in [6.07, 6.45) is -1.36. The van der Waals surface area contributed by atoms with Crippen molar-refractivity contribution in [2.75, 3.05) is 26.2 Å². The van der Waals surface area contributed by atoms with E-state index in [1.54, 1.807) is 4.90 Å². The Morgan fingerprint density at radius 1 is 1.29 bits per heavy atom. The van der Waals surface area contributed by atoms with E-state index >= 15 is 0 Å². The molecule has 3 nitrogen and oxygen atoms in total. The molecule has 2 heterocycles. The topological polar surface area (TPSA) is 28.2 Å². The van der Waals surface area contributed by atoms with E-state index < -0.39 is 18.4 Å². The Balaban J connectivity index is 2.25. The van der Waals surface area contributed by atoms with Gasteiger partial charge in [-0.25, -0.2) is 13.8 Å². The molecule has 1 N–H and O–H groups in total. The highest BCUT2D eigenvalue weighted by atomic mass is 19.3. The molecule has 0 aromatic carbocycles. The predicted molar refractivity (Wildman–Crippen MR) is 57.4 cm³/mol. The summed E-state index contributed by atoms with van der Waals surface area (Å²) in [5, 5.41) is 3.08. The van der Waals surface area contributed by atoms with Crippen molar-refractivity contribution in [1.82, 2.24) is 15.2 Å². The van der Waals surface area contributed by atoms with Crippen molar-refractivity contribution in [2.24, 2.45) is 0 Å². The quantitative estimate of drug-likeness (QED) is 0.817. The van der Waals surface area contributed by atoms with Crippen LogP contribution in [0.3, 0.4) is 0 Å². The van der Waals surface area contributed by atoms with Gasteiger partial charge in [0.2, 0.25) is 5.95 Å². The van der Waals surface area contributed by atoms with Gasteiger partial charge in [-0.3, -0.25) is 4.90 Å². The molecule has 0 saturated carbocycles. The highest BCUT2D eigenvalue weighted by Crippen LogP contribution is 2.28. The molecule has 1 atom stereocenters. The van der Waals surface area contributed by atoms with Crippen LogP contribution in [-0.2, 0) is 0 Å². The molecule has 1 aliphatic rings. The third-order valence-corrected chi connectivity index (χ3v) is 2.89. The molecule has 0 radical (unpaired) electrons. The summed E-state index contributed by atoms with van der Waals surface area (Å²) in [5.74, 6) is -0.809. The lowest BCUT2D eigenvalue weighted by Crippen LogP contribution is -2.47. The fourth-order valence-corrected chi connectivity index (χ4v) is 2.07. The number of pyridine rings is 1. The minimum Gasteiger partial charge on any atom is -0.314 e. The number of nitrogens with one attached hydrogen (secondary N) is 1. The van der Waals surface area contributed by atoms with Gasteiger partial charge in [-0.05, 0) is 6.07 Å². The second-order valence-electron chi connectivity index (χ2n) is 3.95. The van der Waals surface area contributed by atoms with Crippen LogP contribution in [-0.4, -0.2) is 42.5 Å².